The smallest absolute Gasteiger partial charge is 0.221 e. The van der Waals surface area contributed by atoms with Crippen molar-refractivity contribution in [3.63, 3.8) is 0 Å². The highest BCUT2D eigenvalue weighted by Gasteiger charge is 2.14. The van der Waals surface area contributed by atoms with Crippen molar-refractivity contribution in [2.75, 3.05) is 0 Å². The maximum atomic E-state index is 13.5. The molecule has 0 saturated carbocycles. The SMILES string of the molecule is Oc1[nH]c2ccc(F)cc2c1N=Nc1ncnc2c1oc1ccccc12. The molecule has 0 radical (unpaired) electrons. The Morgan fingerprint density at radius 2 is 1.92 bits per heavy atom. The predicted molar refractivity (Wildman–Crippen MR) is 93.4 cm³/mol. The van der Waals surface area contributed by atoms with Crippen molar-refractivity contribution in [3.05, 3.63) is 54.6 Å². The summed E-state index contributed by atoms with van der Waals surface area (Å²) in [5.74, 6) is -0.421. The van der Waals surface area contributed by atoms with Gasteiger partial charge in [-0.3, -0.25) is 0 Å². The number of H-pyrrole nitrogens is 1. The summed E-state index contributed by atoms with van der Waals surface area (Å²) in [6.07, 6.45) is 1.37. The molecule has 8 heteroatoms. The lowest BCUT2D eigenvalue weighted by molar-refractivity contribution is 0.459. The number of azo groups is 1. The summed E-state index contributed by atoms with van der Waals surface area (Å²) in [5, 5.41) is 19.4. The number of rotatable bonds is 2. The van der Waals surface area contributed by atoms with Crippen molar-refractivity contribution >= 4 is 44.5 Å². The second kappa shape index (κ2) is 5.35. The van der Waals surface area contributed by atoms with E-state index in [9.17, 15) is 9.50 Å². The molecule has 126 valence electrons. The molecular weight excluding hydrogens is 337 g/mol. The zero-order valence-corrected chi connectivity index (χ0v) is 13.1. The summed E-state index contributed by atoms with van der Waals surface area (Å²) in [6, 6.07) is 11.6. The van der Waals surface area contributed by atoms with E-state index in [0.29, 0.717) is 27.6 Å². The summed E-state index contributed by atoms with van der Waals surface area (Å²) in [6.45, 7) is 0. The third-order valence-electron chi connectivity index (χ3n) is 4.10. The molecule has 0 fully saturated rings. The first-order chi connectivity index (χ1) is 12.7. The van der Waals surface area contributed by atoms with Gasteiger partial charge >= 0.3 is 0 Å². The molecule has 0 bridgehead atoms. The number of nitrogens with one attached hydrogen (secondary N) is 1. The number of aromatic nitrogens is 3. The highest BCUT2D eigenvalue weighted by molar-refractivity contribution is 6.05. The number of benzene rings is 2. The molecule has 0 aliphatic rings. The summed E-state index contributed by atoms with van der Waals surface area (Å²) in [5.41, 5.74) is 2.36. The van der Waals surface area contributed by atoms with Gasteiger partial charge in [0.1, 0.15) is 23.2 Å². The Hall–Kier alpha value is -3.81. The largest absolute Gasteiger partial charge is 0.493 e. The quantitative estimate of drug-likeness (QED) is 0.433. The first-order valence-electron chi connectivity index (χ1n) is 7.75. The molecule has 0 aliphatic carbocycles. The van der Waals surface area contributed by atoms with E-state index in [2.05, 4.69) is 25.2 Å². The number of hydrogen-bond acceptors (Lipinski definition) is 6. The predicted octanol–water partition coefficient (Wildman–Crippen LogP) is 5.12. The molecule has 0 aliphatic heterocycles. The van der Waals surface area contributed by atoms with E-state index in [0.717, 1.165) is 5.39 Å². The van der Waals surface area contributed by atoms with E-state index >= 15 is 0 Å². The monoisotopic (exact) mass is 347 g/mol. The van der Waals surface area contributed by atoms with Crippen LogP contribution in [0.15, 0.2) is 63.4 Å². The number of furan rings is 1. The van der Waals surface area contributed by atoms with Crippen molar-refractivity contribution in [3.8, 4) is 5.88 Å². The van der Waals surface area contributed by atoms with Crippen LogP contribution >= 0.6 is 0 Å². The molecule has 5 rings (SSSR count). The molecule has 3 aromatic heterocycles. The standard InChI is InChI=1S/C18H10FN5O2/c19-9-5-6-12-11(7-9)15(18(25)22-12)23-24-17-16-14(20-8-21-17)10-3-1-2-4-13(10)26-16/h1-8,22,25H. The van der Waals surface area contributed by atoms with Gasteiger partial charge in [-0.1, -0.05) is 12.1 Å². The van der Waals surface area contributed by atoms with Crippen LogP contribution in [0.5, 0.6) is 5.88 Å². The molecule has 0 spiro atoms. The summed E-state index contributed by atoms with van der Waals surface area (Å²) < 4.78 is 19.3. The maximum Gasteiger partial charge on any atom is 0.221 e. The number of aromatic hydroxyl groups is 1. The van der Waals surface area contributed by atoms with Crippen LogP contribution in [0.3, 0.4) is 0 Å². The highest BCUT2D eigenvalue weighted by Crippen LogP contribution is 2.38. The van der Waals surface area contributed by atoms with Crippen LogP contribution < -0.4 is 0 Å². The van der Waals surface area contributed by atoms with Crippen LogP contribution in [0.2, 0.25) is 0 Å². The van der Waals surface area contributed by atoms with Gasteiger partial charge in [-0.05, 0) is 30.3 Å². The number of nitrogens with zero attached hydrogens (tertiary/aromatic N) is 4. The average molecular weight is 347 g/mol. The van der Waals surface area contributed by atoms with E-state index in [1.807, 2.05) is 24.3 Å². The van der Waals surface area contributed by atoms with Gasteiger partial charge in [-0.25, -0.2) is 14.4 Å². The fraction of sp³-hybridized carbons (Fsp3) is 0. The van der Waals surface area contributed by atoms with Gasteiger partial charge in [0.2, 0.25) is 11.7 Å². The van der Waals surface area contributed by atoms with Gasteiger partial charge in [-0.2, -0.15) is 0 Å². The van der Waals surface area contributed by atoms with Gasteiger partial charge in [0.05, 0.1) is 5.52 Å². The Bertz CT molecular complexity index is 1320. The van der Waals surface area contributed by atoms with Crippen LogP contribution in [0, 0.1) is 5.82 Å². The fourth-order valence-electron chi connectivity index (χ4n) is 2.92. The van der Waals surface area contributed by atoms with E-state index in [-0.39, 0.29) is 17.4 Å². The Labute approximate surface area is 144 Å². The van der Waals surface area contributed by atoms with Gasteiger partial charge in [0.25, 0.3) is 0 Å². The molecule has 5 aromatic rings. The van der Waals surface area contributed by atoms with E-state index in [4.69, 9.17) is 4.42 Å². The first kappa shape index (κ1) is 14.5. The number of hydrogen-bond donors (Lipinski definition) is 2. The van der Waals surface area contributed by atoms with Crippen LogP contribution in [-0.2, 0) is 0 Å². The molecule has 2 aromatic carbocycles. The number of halogens is 1. The van der Waals surface area contributed by atoms with Crippen LogP contribution in [0.4, 0.5) is 15.9 Å². The van der Waals surface area contributed by atoms with Gasteiger partial charge in [0, 0.05) is 10.8 Å². The first-order valence-corrected chi connectivity index (χ1v) is 7.75. The minimum atomic E-state index is -0.435. The Morgan fingerprint density at radius 3 is 2.85 bits per heavy atom. The molecular formula is C18H10FN5O2. The maximum absolute atomic E-state index is 13.5. The van der Waals surface area contributed by atoms with Gasteiger partial charge < -0.3 is 14.5 Å². The van der Waals surface area contributed by atoms with Crippen LogP contribution in [-0.4, -0.2) is 20.1 Å². The molecule has 2 N–H and O–H groups in total. The van der Waals surface area contributed by atoms with Crippen molar-refractivity contribution in [2.45, 2.75) is 0 Å². The zero-order valence-electron chi connectivity index (χ0n) is 13.1. The van der Waals surface area contributed by atoms with Crippen LogP contribution in [0.25, 0.3) is 33.0 Å². The third kappa shape index (κ3) is 2.12. The summed E-state index contributed by atoms with van der Waals surface area (Å²) in [4.78, 5) is 11.1. The highest BCUT2D eigenvalue weighted by atomic mass is 19.1. The van der Waals surface area contributed by atoms with E-state index in [1.165, 1.54) is 24.5 Å². The van der Waals surface area contributed by atoms with Crippen LogP contribution in [0.1, 0.15) is 0 Å². The molecule has 0 saturated heterocycles. The lowest BCUT2D eigenvalue weighted by Crippen LogP contribution is -1.78. The molecule has 0 unspecified atom stereocenters. The average Bonchev–Trinajstić information content (AvgIpc) is 3.17. The van der Waals surface area contributed by atoms with Crippen molar-refractivity contribution in [2.24, 2.45) is 10.2 Å². The minimum absolute atomic E-state index is 0.127. The zero-order chi connectivity index (χ0) is 17.7. The minimum Gasteiger partial charge on any atom is -0.493 e. The topological polar surface area (TPSA) is 99.7 Å². The van der Waals surface area contributed by atoms with Crippen molar-refractivity contribution in [1.82, 2.24) is 15.0 Å². The Balaban J connectivity index is 1.68. The van der Waals surface area contributed by atoms with Crippen molar-refractivity contribution < 1.29 is 13.9 Å². The second-order valence-electron chi connectivity index (χ2n) is 5.69. The molecule has 7 nitrogen and oxygen atoms in total. The van der Waals surface area contributed by atoms with E-state index < -0.39 is 5.82 Å². The molecule has 26 heavy (non-hydrogen) atoms. The Kier molecular flexibility index (Phi) is 2.99. The lowest BCUT2D eigenvalue weighted by atomic mass is 10.2. The normalized spacial score (nSPS) is 12.0. The van der Waals surface area contributed by atoms with Gasteiger partial charge in [0.15, 0.2) is 11.3 Å². The molecule has 0 atom stereocenters. The number of fused-ring (bicyclic) bond motifs is 4. The third-order valence-corrected chi connectivity index (χ3v) is 4.10. The fourth-order valence-corrected chi connectivity index (χ4v) is 2.92. The number of aromatic amines is 1. The molecule has 0 amide bonds. The van der Waals surface area contributed by atoms with Crippen molar-refractivity contribution in [1.29, 1.82) is 0 Å². The Morgan fingerprint density at radius 1 is 1.04 bits per heavy atom. The lowest BCUT2D eigenvalue weighted by Gasteiger charge is -1.94. The number of para-hydroxylation sites is 1. The molecule has 3 heterocycles. The summed E-state index contributed by atoms with van der Waals surface area (Å²) in [7, 11) is 0. The second-order valence-corrected chi connectivity index (χ2v) is 5.69. The van der Waals surface area contributed by atoms with E-state index in [1.54, 1.807) is 0 Å². The summed E-state index contributed by atoms with van der Waals surface area (Å²) >= 11 is 0. The van der Waals surface area contributed by atoms with Gasteiger partial charge in [-0.15, -0.1) is 10.2 Å².